The Labute approximate surface area is 208 Å². The highest BCUT2D eigenvalue weighted by molar-refractivity contribution is 6.14. The van der Waals surface area contributed by atoms with Gasteiger partial charge in [0.2, 0.25) is 5.91 Å². The number of nitrogens with two attached hydrogens (primary N) is 2. The summed E-state index contributed by atoms with van der Waals surface area (Å²) in [6.45, 7) is 2.34. The first-order valence-electron chi connectivity index (χ1n) is 11.5. The predicted molar refractivity (Wildman–Crippen MR) is 140 cm³/mol. The number of hydrogen-bond donors (Lipinski definition) is 3. The summed E-state index contributed by atoms with van der Waals surface area (Å²) >= 11 is 0. The minimum Gasteiger partial charge on any atom is -0.347 e. The van der Waals surface area contributed by atoms with Gasteiger partial charge in [0, 0.05) is 0 Å². The Kier molecular flexibility index (Phi) is 10.5. The lowest BCUT2D eigenvalue weighted by atomic mass is 9.76. The molecule has 0 aliphatic rings. The average Bonchev–Trinajstić information content (AvgIpc) is 2.87. The number of ketones is 1. The van der Waals surface area contributed by atoms with Gasteiger partial charge in [0.15, 0.2) is 11.3 Å². The zero-order chi connectivity index (χ0) is 23.7. The third-order valence-electron chi connectivity index (χ3n) is 6.06. The summed E-state index contributed by atoms with van der Waals surface area (Å²) in [4.78, 5) is 27.7. The van der Waals surface area contributed by atoms with Gasteiger partial charge in [0.05, 0.1) is 12.0 Å². The third-order valence-corrected chi connectivity index (χ3v) is 6.06. The second kappa shape index (κ2) is 13.0. The van der Waals surface area contributed by atoms with E-state index in [4.69, 9.17) is 11.5 Å². The van der Waals surface area contributed by atoms with Gasteiger partial charge in [-0.2, -0.15) is 0 Å². The maximum Gasteiger partial charge on any atom is 0.248 e. The van der Waals surface area contributed by atoms with Crippen LogP contribution >= 0.6 is 12.4 Å². The van der Waals surface area contributed by atoms with E-state index in [1.807, 2.05) is 97.9 Å². The number of rotatable bonds is 11. The van der Waals surface area contributed by atoms with E-state index >= 15 is 0 Å². The zero-order valence-corrected chi connectivity index (χ0v) is 20.3. The first-order chi connectivity index (χ1) is 16.0. The van der Waals surface area contributed by atoms with Crippen LogP contribution in [0.15, 0.2) is 91.0 Å². The van der Waals surface area contributed by atoms with E-state index in [-0.39, 0.29) is 30.7 Å². The fourth-order valence-electron chi connectivity index (χ4n) is 4.17. The van der Waals surface area contributed by atoms with Crippen molar-refractivity contribution in [3.63, 3.8) is 0 Å². The molecule has 5 N–H and O–H groups in total. The Morgan fingerprint density at radius 2 is 1.26 bits per heavy atom. The highest BCUT2D eigenvalue weighted by atomic mass is 35.5. The molecule has 0 saturated carbocycles. The summed E-state index contributed by atoms with van der Waals surface area (Å²) in [7, 11) is 0. The fourth-order valence-corrected chi connectivity index (χ4v) is 4.17. The molecule has 0 spiro atoms. The van der Waals surface area contributed by atoms with E-state index in [9.17, 15) is 9.59 Å². The maximum absolute atomic E-state index is 14.1. The largest absolute Gasteiger partial charge is 0.347 e. The highest BCUT2D eigenvalue weighted by Gasteiger charge is 2.45. The van der Waals surface area contributed by atoms with Crippen LogP contribution in [0.1, 0.15) is 54.8 Å². The van der Waals surface area contributed by atoms with Crippen LogP contribution < -0.4 is 16.8 Å². The molecule has 0 heterocycles. The van der Waals surface area contributed by atoms with Crippen LogP contribution in [0.25, 0.3) is 0 Å². The average molecular weight is 480 g/mol. The minimum atomic E-state index is -1.71. The summed E-state index contributed by atoms with van der Waals surface area (Å²) in [5.41, 5.74) is 13.3. The van der Waals surface area contributed by atoms with Gasteiger partial charge in [0.25, 0.3) is 0 Å². The molecule has 0 aliphatic heterocycles. The zero-order valence-electron chi connectivity index (χ0n) is 19.5. The van der Waals surface area contributed by atoms with E-state index in [1.54, 1.807) is 0 Å². The Morgan fingerprint density at radius 3 is 1.68 bits per heavy atom. The molecule has 0 aromatic heterocycles. The molecular weight excluding hydrogens is 446 g/mol. The van der Waals surface area contributed by atoms with Gasteiger partial charge in [-0.1, -0.05) is 97.9 Å². The van der Waals surface area contributed by atoms with Gasteiger partial charge >= 0.3 is 0 Å². The number of hydrogen-bond acceptors (Lipinski definition) is 4. The van der Waals surface area contributed by atoms with E-state index in [0.29, 0.717) is 19.4 Å². The van der Waals surface area contributed by atoms with E-state index in [2.05, 4.69) is 5.32 Å². The lowest BCUT2D eigenvalue weighted by Gasteiger charge is -2.33. The van der Waals surface area contributed by atoms with Crippen LogP contribution in [0.3, 0.4) is 0 Å². The topological polar surface area (TPSA) is 98.2 Å². The van der Waals surface area contributed by atoms with Gasteiger partial charge in [-0.3, -0.25) is 9.59 Å². The van der Waals surface area contributed by atoms with Crippen LogP contribution in [0, 0.1) is 0 Å². The van der Waals surface area contributed by atoms with Crippen molar-refractivity contribution in [3.8, 4) is 0 Å². The molecule has 0 fully saturated rings. The van der Waals surface area contributed by atoms with Crippen LogP contribution in [-0.4, -0.2) is 23.8 Å². The Bertz CT molecular complexity index is 992. The molecular formula is C28H34ClN3O2. The second-order valence-corrected chi connectivity index (χ2v) is 8.33. The van der Waals surface area contributed by atoms with Crippen LogP contribution in [-0.2, 0) is 9.59 Å². The minimum absolute atomic E-state index is 0. The molecule has 3 aromatic rings. The summed E-state index contributed by atoms with van der Waals surface area (Å²) < 4.78 is 0. The van der Waals surface area contributed by atoms with Crippen LogP contribution in [0.5, 0.6) is 0 Å². The van der Waals surface area contributed by atoms with E-state index in [1.165, 1.54) is 0 Å². The Balaban J connectivity index is 0.00000408. The van der Waals surface area contributed by atoms with Crippen molar-refractivity contribution in [2.75, 3.05) is 6.54 Å². The number of carbonyl (C=O) groups excluding carboxylic acids is 2. The van der Waals surface area contributed by atoms with Gasteiger partial charge in [-0.25, -0.2) is 0 Å². The van der Waals surface area contributed by atoms with Crippen molar-refractivity contribution in [2.24, 2.45) is 11.5 Å². The van der Waals surface area contributed by atoms with Crippen molar-refractivity contribution >= 4 is 24.1 Å². The SMILES string of the molecule is CC[C@H](NC(=O)[C@@](N)(CCCN)C(=O)C(c1ccccc1)c1ccccc1)c1ccccc1.Cl. The van der Waals surface area contributed by atoms with E-state index in [0.717, 1.165) is 16.7 Å². The lowest BCUT2D eigenvalue weighted by Crippen LogP contribution is -2.61. The second-order valence-electron chi connectivity index (χ2n) is 8.33. The number of halogens is 1. The highest BCUT2D eigenvalue weighted by Crippen LogP contribution is 2.31. The normalized spacial score (nSPS) is 13.4. The molecule has 5 nitrogen and oxygen atoms in total. The molecule has 3 rings (SSSR count). The summed E-state index contributed by atoms with van der Waals surface area (Å²) in [5.74, 6) is -1.44. The first kappa shape index (κ1) is 27.3. The molecule has 0 aliphatic carbocycles. The quantitative estimate of drug-likeness (QED) is 0.352. The first-order valence-corrected chi connectivity index (χ1v) is 11.5. The maximum atomic E-state index is 14.1. The van der Waals surface area contributed by atoms with E-state index < -0.39 is 17.4 Å². The number of nitrogens with one attached hydrogen (secondary N) is 1. The summed E-state index contributed by atoms with van der Waals surface area (Å²) in [5, 5.41) is 3.05. The molecule has 6 heteroatoms. The van der Waals surface area contributed by atoms with Crippen molar-refractivity contribution in [1.29, 1.82) is 0 Å². The summed E-state index contributed by atoms with van der Waals surface area (Å²) in [6, 6.07) is 28.4. The molecule has 0 radical (unpaired) electrons. The standard InChI is InChI=1S/C28H33N3O2.ClH/c1-2-24(21-13-6-3-7-14-21)31-27(33)28(30,19-12-20-29)26(32)25(22-15-8-4-9-16-22)23-17-10-5-11-18-23;/h3-11,13-18,24-25H,2,12,19-20,29-30H2,1H3,(H,31,33);1H/t24-,28+;/m0./s1. The summed E-state index contributed by atoms with van der Waals surface area (Å²) in [6.07, 6.45) is 1.32. The van der Waals surface area contributed by atoms with Gasteiger partial charge in [-0.15, -0.1) is 12.4 Å². The molecule has 1 amide bonds. The molecule has 3 aromatic carbocycles. The predicted octanol–water partition coefficient (Wildman–Crippen LogP) is 4.51. The fraction of sp³-hybridized carbons (Fsp3) is 0.286. The molecule has 0 bridgehead atoms. The molecule has 180 valence electrons. The molecule has 2 atom stereocenters. The van der Waals surface area contributed by atoms with Crippen LogP contribution in [0.2, 0.25) is 0 Å². The third kappa shape index (κ3) is 6.32. The van der Waals surface area contributed by atoms with Gasteiger partial charge in [0.1, 0.15) is 0 Å². The molecule has 34 heavy (non-hydrogen) atoms. The molecule has 0 unspecified atom stereocenters. The number of carbonyl (C=O) groups is 2. The van der Waals surface area contributed by atoms with Crippen molar-refractivity contribution < 1.29 is 9.59 Å². The Morgan fingerprint density at radius 1 is 0.824 bits per heavy atom. The number of benzene rings is 3. The number of amides is 1. The monoisotopic (exact) mass is 479 g/mol. The van der Waals surface area contributed by atoms with Crippen LogP contribution in [0.4, 0.5) is 0 Å². The lowest BCUT2D eigenvalue weighted by molar-refractivity contribution is -0.137. The van der Waals surface area contributed by atoms with Gasteiger partial charge in [-0.05, 0) is 42.5 Å². The smallest absolute Gasteiger partial charge is 0.248 e. The van der Waals surface area contributed by atoms with Crippen molar-refractivity contribution in [1.82, 2.24) is 5.32 Å². The molecule has 0 saturated heterocycles. The number of Topliss-reactive ketones (excluding diaryl/α,β-unsaturated/α-hetero) is 1. The Hall–Kier alpha value is -2.99. The van der Waals surface area contributed by atoms with Crippen molar-refractivity contribution in [2.45, 2.75) is 43.7 Å². The van der Waals surface area contributed by atoms with Crippen molar-refractivity contribution in [3.05, 3.63) is 108 Å². The van der Waals surface area contributed by atoms with Gasteiger partial charge < -0.3 is 16.8 Å².